The zero-order chi connectivity index (χ0) is 20.3. The number of hydrogen-bond donors (Lipinski definition) is 2. The van der Waals surface area contributed by atoms with Gasteiger partial charge in [-0.15, -0.1) is 0 Å². The number of aliphatic imine (C=N–C) groups is 1. The third kappa shape index (κ3) is 6.75. The quantitative estimate of drug-likeness (QED) is 0.531. The van der Waals surface area contributed by atoms with E-state index in [1.807, 2.05) is 37.4 Å². The van der Waals surface area contributed by atoms with Gasteiger partial charge in [-0.3, -0.25) is 4.99 Å². The second-order valence-electron chi connectivity index (χ2n) is 7.43. The Morgan fingerprint density at radius 1 is 1.17 bits per heavy atom. The zero-order valence-electron chi connectivity index (χ0n) is 17.6. The highest BCUT2D eigenvalue weighted by atomic mass is 16.5. The minimum atomic E-state index is 0.469. The molecule has 0 spiro atoms. The summed E-state index contributed by atoms with van der Waals surface area (Å²) in [5.41, 5.74) is 2.15. The molecule has 1 fully saturated rings. The first kappa shape index (κ1) is 21.1. The van der Waals surface area contributed by atoms with Crippen LogP contribution in [0.5, 0.6) is 5.88 Å². The van der Waals surface area contributed by atoms with Crippen LogP contribution in [0.2, 0.25) is 0 Å². The molecule has 0 atom stereocenters. The van der Waals surface area contributed by atoms with Gasteiger partial charge < -0.3 is 20.3 Å². The second kappa shape index (κ2) is 11.4. The number of pyridine rings is 1. The monoisotopic (exact) mass is 395 g/mol. The van der Waals surface area contributed by atoms with Crippen molar-refractivity contribution in [3.8, 4) is 5.88 Å². The van der Waals surface area contributed by atoms with Gasteiger partial charge in [0.2, 0.25) is 5.88 Å². The Morgan fingerprint density at radius 3 is 2.69 bits per heavy atom. The lowest BCUT2D eigenvalue weighted by Crippen LogP contribution is -2.48. The lowest BCUT2D eigenvalue weighted by Gasteiger charge is -2.32. The molecule has 2 heterocycles. The van der Waals surface area contributed by atoms with Gasteiger partial charge in [-0.25, -0.2) is 4.98 Å². The summed E-state index contributed by atoms with van der Waals surface area (Å²) >= 11 is 0. The minimum absolute atomic E-state index is 0.469. The third-order valence-electron chi connectivity index (χ3n) is 5.21. The van der Waals surface area contributed by atoms with Crippen LogP contribution in [-0.4, -0.2) is 48.6 Å². The van der Waals surface area contributed by atoms with Crippen molar-refractivity contribution < 1.29 is 4.74 Å². The van der Waals surface area contributed by atoms with E-state index in [0.717, 1.165) is 43.0 Å². The van der Waals surface area contributed by atoms with Crippen LogP contribution >= 0.6 is 0 Å². The highest BCUT2D eigenvalue weighted by molar-refractivity contribution is 5.80. The number of hydrogen-bond acceptors (Lipinski definition) is 4. The Kier molecular flexibility index (Phi) is 8.31. The number of nitrogens with zero attached hydrogens (tertiary/aromatic N) is 3. The highest BCUT2D eigenvalue weighted by Gasteiger charge is 2.19. The van der Waals surface area contributed by atoms with E-state index in [2.05, 4.69) is 44.6 Å². The van der Waals surface area contributed by atoms with Gasteiger partial charge in [0.1, 0.15) is 6.61 Å². The Balaban J connectivity index is 1.49. The van der Waals surface area contributed by atoms with Crippen molar-refractivity contribution in [3.05, 3.63) is 59.8 Å². The van der Waals surface area contributed by atoms with Crippen LogP contribution in [0.25, 0.3) is 0 Å². The molecular weight excluding hydrogens is 362 g/mol. The predicted molar refractivity (Wildman–Crippen MR) is 118 cm³/mol. The van der Waals surface area contributed by atoms with Gasteiger partial charge in [0.05, 0.1) is 0 Å². The molecule has 0 radical (unpaired) electrons. The molecule has 1 aromatic carbocycles. The Hall–Kier alpha value is -2.60. The predicted octanol–water partition coefficient (Wildman–Crippen LogP) is 3.20. The van der Waals surface area contributed by atoms with Crippen LogP contribution in [-0.2, 0) is 13.2 Å². The maximum Gasteiger partial charge on any atom is 0.218 e. The van der Waals surface area contributed by atoms with Gasteiger partial charge in [0.25, 0.3) is 0 Å². The molecule has 3 rings (SSSR count). The summed E-state index contributed by atoms with van der Waals surface area (Å²) in [5, 5.41) is 6.98. The van der Waals surface area contributed by atoms with Crippen molar-refractivity contribution >= 4 is 5.96 Å². The number of piperidine rings is 1. The van der Waals surface area contributed by atoms with Crippen LogP contribution in [0.3, 0.4) is 0 Å². The van der Waals surface area contributed by atoms with Gasteiger partial charge in [-0.1, -0.05) is 43.3 Å². The van der Waals surface area contributed by atoms with E-state index >= 15 is 0 Å². The minimum Gasteiger partial charge on any atom is -0.473 e. The molecule has 0 amide bonds. The number of ether oxygens (including phenoxy) is 1. The van der Waals surface area contributed by atoms with Crippen molar-refractivity contribution in [2.24, 2.45) is 4.99 Å². The molecule has 6 heteroatoms. The van der Waals surface area contributed by atoms with E-state index in [1.54, 1.807) is 6.20 Å². The van der Waals surface area contributed by atoms with E-state index in [4.69, 9.17) is 4.74 Å². The fourth-order valence-corrected chi connectivity index (χ4v) is 3.60. The SMILES string of the molecule is CCCN1CCC(NC(=NC)NCc2cccnc2OCc2ccccc2)CC1. The van der Waals surface area contributed by atoms with E-state index in [9.17, 15) is 0 Å². The molecule has 1 aliphatic rings. The normalized spacial score (nSPS) is 15.9. The van der Waals surface area contributed by atoms with Crippen LogP contribution < -0.4 is 15.4 Å². The summed E-state index contributed by atoms with van der Waals surface area (Å²) in [6.45, 7) is 6.88. The van der Waals surface area contributed by atoms with Gasteiger partial charge in [-0.2, -0.15) is 0 Å². The van der Waals surface area contributed by atoms with Gasteiger partial charge in [0, 0.05) is 44.5 Å². The first-order valence-corrected chi connectivity index (χ1v) is 10.6. The second-order valence-corrected chi connectivity index (χ2v) is 7.43. The summed E-state index contributed by atoms with van der Waals surface area (Å²) in [4.78, 5) is 11.3. The largest absolute Gasteiger partial charge is 0.473 e. The van der Waals surface area contributed by atoms with Crippen LogP contribution in [0, 0.1) is 0 Å². The Morgan fingerprint density at radius 2 is 1.97 bits per heavy atom. The van der Waals surface area contributed by atoms with Gasteiger partial charge in [0.15, 0.2) is 5.96 Å². The van der Waals surface area contributed by atoms with Crippen LogP contribution in [0.1, 0.15) is 37.3 Å². The first-order valence-electron chi connectivity index (χ1n) is 10.6. The van der Waals surface area contributed by atoms with E-state index < -0.39 is 0 Å². The number of aromatic nitrogens is 1. The number of likely N-dealkylation sites (tertiary alicyclic amines) is 1. The molecule has 6 nitrogen and oxygen atoms in total. The van der Waals surface area contributed by atoms with Gasteiger partial charge >= 0.3 is 0 Å². The molecule has 1 aliphatic heterocycles. The molecule has 0 bridgehead atoms. The van der Waals surface area contributed by atoms with Crippen molar-refractivity contribution in [2.45, 2.75) is 45.4 Å². The molecule has 2 aromatic rings. The number of benzene rings is 1. The molecule has 1 aromatic heterocycles. The number of guanidine groups is 1. The molecule has 0 saturated carbocycles. The molecule has 0 unspecified atom stereocenters. The van der Waals surface area contributed by atoms with Crippen molar-refractivity contribution in [3.63, 3.8) is 0 Å². The average Bonchev–Trinajstić information content (AvgIpc) is 2.78. The fourth-order valence-electron chi connectivity index (χ4n) is 3.60. The molecule has 156 valence electrons. The number of rotatable bonds is 8. The summed E-state index contributed by atoms with van der Waals surface area (Å²) in [6, 6.07) is 14.6. The van der Waals surface area contributed by atoms with Gasteiger partial charge in [-0.05, 0) is 37.4 Å². The Bertz CT molecular complexity index is 757. The number of nitrogens with one attached hydrogen (secondary N) is 2. The molecular formula is C23H33N5O. The third-order valence-corrected chi connectivity index (χ3v) is 5.21. The molecule has 0 aliphatic carbocycles. The zero-order valence-corrected chi connectivity index (χ0v) is 17.6. The van der Waals surface area contributed by atoms with Crippen LogP contribution in [0.15, 0.2) is 53.7 Å². The summed E-state index contributed by atoms with van der Waals surface area (Å²) < 4.78 is 5.96. The smallest absolute Gasteiger partial charge is 0.218 e. The van der Waals surface area contributed by atoms with Crippen molar-refractivity contribution in [1.29, 1.82) is 0 Å². The van der Waals surface area contributed by atoms with Crippen molar-refractivity contribution in [1.82, 2.24) is 20.5 Å². The van der Waals surface area contributed by atoms with E-state index in [1.165, 1.54) is 13.0 Å². The molecule has 1 saturated heterocycles. The summed E-state index contributed by atoms with van der Waals surface area (Å²) in [5.74, 6) is 1.49. The molecule has 2 N–H and O–H groups in total. The summed E-state index contributed by atoms with van der Waals surface area (Å²) in [6.07, 6.45) is 5.29. The standard InChI is InChI=1S/C23H33N5O/c1-3-14-28-15-11-21(12-16-28)27-23(24-2)26-17-20-10-7-13-25-22(20)29-18-19-8-5-4-6-9-19/h4-10,13,21H,3,11-12,14-18H2,1-2H3,(H2,24,26,27). The molecule has 29 heavy (non-hydrogen) atoms. The lowest BCUT2D eigenvalue weighted by molar-refractivity contribution is 0.206. The van der Waals surface area contributed by atoms with E-state index in [0.29, 0.717) is 25.1 Å². The maximum atomic E-state index is 5.96. The van der Waals surface area contributed by atoms with E-state index in [-0.39, 0.29) is 0 Å². The Labute approximate surface area is 174 Å². The van der Waals surface area contributed by atoms with Crippen molar-refractivity contribution in [2.75, 3.05) is 26.7 Å². The van der Waals surface area contributed by atoms with Crippen LogP contribution in [0.4, 0.5) is 0 Å². The average molecular weight is 396 g/mol. The topological polar surface area (TPSA) is 61.8 Å². The summed E-state index contributed by atoms with van der Waals surface area (Å²) in [7, 11) is 1.82. The maximum absolute atomic E-state index is 5.96. The lowest BCUT2D eigenvalue weighted by atomic mass is 10.1. The fraction of sp³-hybridized carbons (Fsp3) is 0.478. The first-order chi connectivity index (χ1) is 14.3. The highest BCUT2D eigenvalue weighted by Crippen LogP contribution is 2.16.